The number of benzene rings is 1. The summed E-state index contributed by atoms with van der Waals surface area (Å²) in [5, 5.41) is 3.13. The van der Waals surface area contributed by atoms with Crippen molar-refractivity contribution in [3.63, 3.8) is 0 Å². The Labute approximate surface area is 107 Å². The van der Waals surface area contributed by atoms with Crippen molar-refractivity contribution < 1.29 is 14.3 Å². The highest BCUT2D eigenvalue weighted by molar-refractivity contribution is 5.52. The Balaban J connectivity index is 2.23. The van der Waals surface area contributed by atoms with Gasteiger partial charge in [-0.3, -0.25) is 0 Å². The van der Waals surface area contributed by atoms with Gasteiger partial charge < -0.3 is 19.6 Å². The summed E-state index contributed by atoms with van der Waals surface area (Å²) in [6, 6.07) is 4.05. The van der Waals surface area contributed by atoms with Gasteiger partial charge in [0.1, 0.15) is 6.29 Å². The molecule has 0 amide bonds. The smallest absolute Gasteiger partial charge is 0.231 e. The van der Waals surface area contributed by atoms with Crippen LogP contribution >= 0.6 is 0 Å². The molecule has 0 spiro atoms. The maximum absolute atomic E-state index is 10.3. The molecule has 1 heterocycles. The normalized spacial score (nSPS) is 13.7. The SMILES string of the molecule is Cc1cc2c(cc1C(C)(C)CNCC=O)OCO2. The van der Waals surface area contributed by atoms with Gasteiger partial charge in [-0.1, -0.05) is 13.8 Å². The topological polar surface area (TPSA) is 47.6 Å². The second-order valence-electron chi connectivity index (χ2n) is 5.20. The fraction of sp³-hybridized carbons (Fsp3) is 0.500. The summed E-state index contributed by atoms with van der Waals surface area (Å²) in [7, 11) is 0. The lowest BCUT2D eigenvalue weighted by Gasteiger charge is -2.27. The van der Waals surface area contributed by atoms with Crippen LogP contribution < -0.4 is 14.8 Å². The first-order valence-corrected chi connectivity index (χ1v) is 6.09. The number of ether oxygens (including phenoxy) is 2. The van der Waals surface area contributed by atoms with E-state index in [0.717, 1.165) is 24.3 Å². The van der Waals surface area contributed by atoms with Crippen molar-refractivity contribution in [3.05, 3.63) is 23.3 Å². The first-order chi connectivity index (χ1) is 8.54. The number of carbonyl (C=O) groups is 1. The van der Waals surface area contributed by atoms with Crippen LogP contribution in [0.2, 0.25) is 0 Å². The van der Waals surface area contributed by atoms with E-state index in [1.165, 1.54) is 11.1 Å². The molecule has 0 saturated heterocycles. The number of rotatable bonds is 5. The molecule has 1 aliphatic rings. The maximum atomic E-state index is 10.3. The summed E-state index contributed by atoms with van der Waals surface area (Å²) < 4.78 is 10.8. The van der Waals surface area contributed by atoms with Crippen molar-refractivity contribution in [3.8, 4) is 11.5 Å². The minimum atomic E-state index is -0.0614. The molecule has 1 aromatic carbocycles. The van der Waals surface area contributed by atoms with E-state index in [1.807, 2.05) is 12.1 Å². The first-order valence-electron chi connectivity index (χ1n) is 6.09. The number of nitrogens with one attached hydrogen (secondary N) is 1. The van der Waals surface area contributed by atoms with Gasteiger partial charge in [-0.25, -0.2) is 0 Å². The molecule has 4 heteroatoms. The molecule has 0 atom stereocenters. The third kappa shape index (κ3) is 2.48. The molecule has 0 bridgehead atoms. The van der Waals surface area contributed by atoms with Gasteiger partial charge in [0.25, 0.3) is 0 Å². The molecule has 0 unspecified atom stereocenters. The summed E-state index contributed by atoms with van der Waals surface area (Å²) in [5.74, 6) is 1.62. The number of carbonyl (C=O) groups excluding carboxylic acids is 1. The van der Waals surface area contributed by atoms with Crippen LogP contribution in [0.25, 0.3) is 0 Å². The van der Waals surface area contributed by atoms with Crippen molar-refractivity contribution in [2.75, 3.05) is 19.9 Å². The number of hydrogen-bond acceptors (Lipinski definition) is 4. The Morgan fingerprint density at radius 1 is 1.33 bits per heavy atom. The van der Waals surface area contributed by atoms with E-state index >= 15 is 0 Å². The number of fused-ring (bicyclic) bond motifs is 1. The quantitative estimate of drug-likeness (QED) is 0.638. The van der Waals surface area contributed by atoms with Gasteiger partial charge in [-0.05, 0) is 30.2 Å². The average Bonchev–Trinajstić information content (AvgIpc) is 2.75. The molecule has 0 saturated carbocycles. The molecule has 98 valence electrons. The molecule has 2 rings (SSSR count). The second kappa shape index (κ2) is 4.98. The lowest BCUT2D eigenvalue weighted by molar-refractivity contribution is -0.107. The fourth-order valence-corrected chi connectivity index (χ4v) is 2.31. The van der Waals surface area contributed by atoms with Gasteiger partial charge in [0, 0.05) is 12.0 Å². The minimum absolute atomic E-state index is 0.0614. The van der Waals surface area contributed by atoms with Gasteiger partial charge in [0.15, 0.2) is 11.5 Å². The van der Waals surface area contributed by atoms with Gasteiger partial charge >= 0.3 is 0 Å². The summed E-state index contributed by atoms with van der Waals surface area (Å²) in [6.07, 6.45) is 0.878. The van der Waals surface area contributed by atoms with Gasteiger partial charge in [0.2, 0.25) is 6.79 Å². The molecule has 0 aliphatic carbocycles. The Bertz CT molecular complexity index is 455. The summed E-state index contributed by atoms with van der Waals surface area (Å²) in [4.78, 5) is 10.3. The molecular formula is C14H19NO3. The van der Waals surface area contributed by atoms with Crippen molar-refractivity contribution in [1.82, 2.24) is 5.32 Å². The zero-order valence-corrected chi connectivity index (χ0v) is 11.1. The molecule has 18 heavy (non-hydrogen) atoms. The zero-order chi connectivity index (χ0) is 13.2. The Morgan fingerprint density at radius 3 is 2.67 bits per heavy atom. The van der Waals surface area contributed by atoms with E-state index in [1.54, 1.807) is 0 Å². The van der Waals surface area contributed by atoms with Crippen LogP contribution in [0.5, 0.6) is 11.5 Å². The molecule has 0 fully saturated rings. The predicted molar refractivity (Wildman–Crippen MR) is 69.3 cm³/mol. The monoisotopic (exact) mass is 249 g/mol. The van der Waals surface area contributed by atoms with E-state index in [9.17, 15) is 4.79 Å². The third-order valence-electron chi connectivity index (χ3n) is 3.24. The van der Waals surface area contributed by atoms with E-state index < -0.39 is 0 Å². The largest absolute Gasteiger partial charge is 0.454 e. The second-order valence-corrected chi connectivity index (χ2v) is 5.20. The fourth-order valence-electron chi connectivity index (χ4n) is 2.31. The van der Waals surface area contributed by atoms with Crippen LogP contribution in [0.1, 0.15) is 25.0 Å². The van der Waals surface area contributed by atoms with Crippen molar-refractivity contribution in [1.29, 1.82) is 0 Å². The molecule has 1 aromatic rings. The number of aryl methyl sites for hydroxylation is 1. The molecular weight excluding hydrogens is 230 g/mol. The van der Waals surface area contributed by atoms with E-state index in [-0.39, 0.29) is 5.41 Å². The van der Waals surface area contributed by atoms with Crippen LogP contribution in [-0.2, 0) is 10.2 Å². The van der Waals surface area contributed by atoms with Crippen molar-refractivity contribution in [2.24, 2.45) is 0 Å². The standard InChI is InChI=1S/C14H19NO3/c1-10-6-12-13(18-9-17-12)7-11(10)14(2,3)8-15-4-5-16/h5-7,15H,4,8-9H2,1-3H3. The van der Waals surface area contributed by atoms with Crippen LogP contribution in [-0.4, -0.2) is 26.2 Å². The van der Waals surface area contributed by atoms with Gasteiger partial charge in [-0.2, -0.15) is 0 Å². The Kier molecular flexibility index (Phi) is 3.57. The average molecular weight is 249 g/mol. The highest BCUT2D eigenvalue weighted by Crippen LogP contribution is 2.38. The first kappa shape index (κ1) is 12.9. The van der Waals surface area contributed by atoms with Crippen molar-refractivity contribution >= 4 is 6.29 Å². The van der Waals surface area contributed by atoms with Crippen LogP contribution in [0.4, 0.5) is 0 Å². The number of aldehydes is 1. The van der Waals surface area contributed by atoms with E-state index in [2.05, 4.69) is 26.1 Å². The summed E-state index contributed by atoms with van der Waals surface area (Å²) in [5.41, 5.74) is 2.33. The summed E-state index contributed by atoms with van der Waals surface area (Å²) >= 11 is 0. The third-order valence-corrected chi connectivity index (χ3v) is 3.24. The summed E-state index contributed by atoms with van der Waals surface area (Å²) in [6.45, 7) is 7.78. The minimum Gasteiger partial charge on any atom is -0.454 e. The highest BCUT2D eigenvalue weighted by atomic mass is 16.7. The predicted octanol–water partition coefficient (Wildman–Crippen LogP) is 1.79. The highest BCUT2D eigenvalue weighted by Gasteiger charge is 2.25. The molecule has 0 radical (unpaired) electrons. The van der Waals surface area contributed by atoms with Crippen LogP contribution in [0.15, 0.2) is 12.1 Å². The lowest BCUT2D eigenvalue weighted by Crippen LogP contribution is -2.34. The number of hydrogen-bond donors (Lipinski definition) is 1. The Morgan fingerprint density at radius 2 is 2.00 bits per heavy atom. The van der Waals surface area contributed by atoms with Crippen molar-refractivity contribution in [2.45, 2.75) is 26.2 Å². The van der Waals surface area contributed by atoms with Crippen LogP contribution in [0.3, 0.4) is 0 Å². The van der Waals surface area contributed by atoms with Gasteiger partial charge in [-0.15, -0.1) is 0 Å². The van der Waals surface area contributed by atoms with E-state index in [4.69, 9.17) is 9.47 Å². The van der Waals surface area contributed by atoms with E-state index in [0.29, 0.717) is 13.3 Å². The molecule has 0 aromatic heterocycles. The molecule has 1 aliphatic heterocycles. The van der Waals surface area contributed by atoms with Gasteiger partial charge in [0.05, 0.1) is 6.54 Å². The zero-order valence-electron chi connectivity index (χ0n) is 11.1. The van der Waals surface area contributed by atoms with Crippen LogP contribution in [0, 0.1) is 6.92 Å². The Hall–Kier alpha value is -1.55. The molecule has 1 N–H and O–H groups in total. The maximum Gasteiger partial charge on any atom is 0.231 e. The lowest BCUT2D eigenvalue weighted by atomic mass is 9.81. The molecule has 4 nitrogen and oxygen atoms in total.